The van der Waals surface area contributed by atoms with Gasteiger partial charge in [0.15, 0.2) is 0 Å². The largest absolute Gasteiger partial charge is 0.339 e. The molecule has 2 amide bonds. The van der Waals surface area contributed by atoms with Crippen LogP contribution in [0, 0.1) is 0 Å². The highest BCUT2D eigenvalue weighted by Crippen LogP contribution is 2.15. The summed E-state index contributed by atoms with van der Waals surface area (Å²) in [7, 11) is 0. The van der Waals surface area contributed by atoms with E-state index in [9.17, 15) is 4.79 Å². The van der Waals surface area contributed by atoms with Gasteiger partial charge in [0.25, 0.3) is 0 Å². The molecule has 0 spiro atoms. The molecule has 0 bridgehead atoms. The third-order valence-corrected chi connectivity index (χ3v) is 4.47. The minimum atomic E-state index is -0.116. The number of piperidine rings is 1. The number of amides is 2. The number of aromatic nitrogens is 2. The van der Waals surface area contributed by atoms with E-state index >= 15 is 0 Å². The van der Waals surface area contributed by atoms with Crippen LogP contribution in [0.2, 0.25) is 0 Å². The molecule has 1 aliphatic rings. The molecule has 6 nitrogen and oxygen atoms in total. The Bertz CT molecular complexity index is 589. The lowest BCUT2D eigenvalue weighted by atomic mass is 10.1. The molecule has 2 N–H and O–H groups in total. The molecule has 22 heavy (non-hydrogen) atoms. The SMILES string of the molecule is O=C(NCc1cccs1)NC1CCCN(c2ncccn2)C1. The number of thiophene rings is 1. The van der Waals surface area contributed by atoms with Gasteiger partial charge in [0, 0.05) is 36.4 Å². The Hall–Kier alpha value is -2.15. The van der Waals surface area contributed by atoms with Crippen molar-refractivity contribution in [3.8, 4) is 0 Å². The summed E-state index contributed by atoms with van der Waals surface area (Å²) in [5.74, 6) is 0.730. The van der Waals surface area contributed by atoms with Gasteiger partial charge in [0.1, 0.15) is 0 Å². The Morgan fingerprint density at radius 2 is 2.23 bits per heavy atom. The monoisotopic (exact) mass is 317 g/mol. The summed E-state index contributed by atoms with van der Waals surface area (Å²) in [6, 6.07) is 5.81. The Balaban J connectivity index is 1.48. The maximum atomic E-state index is 12.0. The molecule has 0 aliphatic carbocycles. The first-order valence-electron chi connectivity index (χ1n) is 7.40. The number of anilines is 1. The van der Waals surface area contributed by atoms with Crippen molar-refractivity contribution in [2.24, 2.45) is 0 Å². The quantitative estimate of drug-likeness (QED) is 0.905. The highest BCUT2D eigenvalue weighted by Gasteiger charge is 2.22. The van der Waals surface area contributed by atoms with Gasteiger partial charge in [-0.25, -0.2) is 14.8 Å². The van der Waals surface area contributed by atoms with Crippen LogP contribution in [0.4, 0.5) is 10.7 Å². The molecular formula is C15H19N5OS. The molecule has 2 aromatic rings. The number of urea groups is 1. The number of rotatable bonds is 4. The fourth-order valence-electron chi connectivity index (χ4n) is 2.55. The first-order chi connectivity index (χ1) is 10.8. The molecule has 0 radical (unpaired) electrons. The van der Waals surface area contributed by atoms with Crippen LogP contribution in [-0.4, -0.2) is 35.1 Å². The van der Waals surface area contributed by atoms with E-state index in [1.807, 2.05) is 17.5 Å². The standard InChI is InChI=1S/C15H19N5OS/c21-15(18-10-13-5-2-9-22-13)19-12-4-1-8-20(11-12)14-16-6-3-7-17-14/h2-3,5-7,9,12H,1,4,8,10-11H2,(H2,18,19,21). The van der Waals surface area contributed by atoms with Crippen molar-refractivity contribution in [2.75, 3.05) is 18.0 Å². The van der Waals surface area contributed by atoms with E-state index in [2.05, 4.69) is 25.5 Å². The molecule has 7 heteroatoms. The lowest BCUT2D eigenvalue weighted by molar-refractivity contribution is 0.234. The van der Waals surface area contributed by atoms with Gasteiger partial charge < -0.3 is 15.5 Å². The van der Waals surface area contributed by atoms with E-state index in [0.717, 1.165) is 36.8 Å². The zero-order chi connectivity index (χ0) is 15.2. The van der Waals surface area contributed by atoms with E-state index in [4.69, 9.17) is 0 Å². The Morgan fingerprint density at radius 3 is 3.00 bits per heavy atom. The fourth-order valence-corrected chi connectivity index (χ4v) is 3.19. The predicted octanol–water partition coefficient (Wildman–Crippen LogP) is 2.01. The van der Waals surface area contributed by atoms with Crippen LogP contribution in [0.5, 0.6) is 0 Å². The second-order valence-electron chi connectivity index (χ2n) is 5.24. The zero-order valence-corrected chi connectivity index (χ0v) is 13.1. The summed E-state index contributed by atoms with van der Waals surface area (Å²) in [6.07, 6.45) is 5.49. The van der Waals surface area contributed by atoms with Gasteiger partial charge in [0.05, 0.1) is 6.54 Å². The minimum Gasteiger partial charge on any atom is -0.339 e. The predicted molar refractivity (Wildman–Crippen MR) is 87.0 cm³/mol. The number of carbonyl (C=O) groups excluding carboxylic acids is 1. The van der Waals surface area contributed by atoms with E-state index in [0.29, 0.717) is 6.54 Å². The van der Waals surface area contributed by atoms with Crippen LogP contribution >= 0.6 is 11.3 Å². The van der Waals surface area contributed by atoms with Crippen molar-refractivity contribution >= 4 is 23.3 Å². The van der Waals surface area contributed by atoms with Crippen LogP contribution in [0.25, 0.3) is 0 Å². The number of nitrogens with zero attached hydrogens (tertiary/aromatic N) is 3. The third kappa shape index (κ3) is 3.94. The van der Waals surface area contributed by atoms with Crippen LogP contribution < -0.4 is 15.5 Å². The average molecular weight is 317 g/mol. The number of hydrogen-bond donors (Lipinski definition) is 2. The highest BCUT2D eigenvalue weighted by atomic mass is 32.1. The molecule has 116 valence electrons. The lowest BCUT2D eigenvalue weighted by Gasteiger charge is -2.33. The molecule has 1 fully saturated rings. The van der Waals surface area contributed by atoms with Crippen molar-refractivity contribution in [3.05, 3.63) is 40.8 Å². The molecule has 1 saturated heterocycles. The van der Waals surface area contributed by atoms with Gasteiger partial charge in [0.2, 0.25) is 5.95 Å². The second-order valence-corrected chi connectivity index (χ2v) is 6.27. The Morgan fingerprint density at radius 1 is 1.36 bits per heavy atom. The second kappa shape index (κ2) is 7.22. The van der Waals surface area contributed by atoms with Gasteiger partial charge in [-0.15, -0.1) is 11.3 Å². The first kappa shape index (κ1) is 14.8. The van der Waals surface area contributed by atoms with Crippen molar-refractivity contribution in [3.63, 3.8) is 0 Å². The minimum absolute atomic E-state index is 0.116. The summed E-state index contributed by atoms with van der Waals surface area (Å²) in [6.45, 7) is 2.25. The third-order valence-electron chi connectivity index (χ3n) is 3.59. The van der Waals surface area contributed by atoms with E-state index < -0.39 is 0 Å². The van der Waals surface area contributed by atoms with Gasteiger partial charge >= 0.3 is 6.03 Å². The summed E-state index contributed by atoms with van der Waals surface area (Å²) >= 11 is 1.64. The smallest absolute Gasteiger partial charge is 0.315 e. The molecule has 1 unspecified atom stereocenters. The molecule has 1 aliphatic heterocycles. The van der Waals surface area contributed by atoms with E-state index in [-0.39, 0.29) is 12.1 Å². The molecule has 2 aromatic heterocycles. The van der Waals surface area contributed by atoms with Crippen molar-refractivity contribution < 1.29 is 4.79 Å². The van der Waals surface area contributed by atoms with Crippen molar-refractivity contribution in [1.82, 2.24) is 20.6 Å². The molecule has 0 saturated carbocycles. The van der Waals surface area contributed by atoms with Gasteiger partial charge in [-0.1, -0.05) is 6.07 Å². The number of carbonyl (C=O) groups is 1. The van der Waals surface area contributed by atoms with Crippen molar-refractivity contribution in [1.29, 1.82) is 0 Å². The molecular weight excluding hydrogens is 298 g/mol. The summed E-state index contributed by atoms with van der Waals surface area (Å²) in [4.78, 5) is 23.8. The molecule has 0 aromatic carbocycles. The summed E-state index contributed by atoms with van der Waals surface area (Å²) < 4.78 is 0. The maximum Gasteiger partial charge on any atom is 0.315 e. The van der Waals surface area contributed by atoms with Gasteiger partial charge in [-0.2, -0.15) is 0 Å². The Kier molecular flexibility index (Phi) is 4.85. The average Bonchev–Trinajstić information content (AvgIpc) is 3.08. The molecule has 3 rings (SSSR count). The van der Waals surface area contributed by atoms with Crippen LogP contribution in [-0.2, 0) is 6.54 Å². The Labute approximate surface area is 133 Å². The number of nitrogens with one attached hydrogen (secondary N) is 2. The summed E-state index contributed by atoms with van der Waals surface area (Å²) in [5.41, 5.74) is 0. The van der Waals surface area contributed by atoms with Crippen LogP contribution in [0.1, 0.15) is 17.7 Å². The highest BCUT2D eigenvalue weighted by molar-refractivity contribution is 7.09. The fraction of sp³-hybridized carbons (Fsp3) is 0.400. The lowest BCUT2D eigenvalue weighted by Crippen LogP contribution is -2.50. The van der Waals surface area contributed by atoms with Gasteiger partial charge in [-0.05, 0) is 30.4 Å². The molecule has 1 atom stereocenters. The van der Waals surface area contributed by atoms with E-state index in [1.165, 1.54) is 0 Å². The topological polar surface area (TPSA) is 70.2 Å². The zero-order valence-electron chi connectivity index (χ0n) is 12.2. The van der Waals surface area contributed by atoms with Crippen molar-refractivity contribution in [2.45, 2.75) is 25.4 Å². The summed E-state index contributed by atoms with van der Waals surface area (Å²) in [5, 5.41) is 7.94. The van der Waals surface area contributed by atoms with Crippen LogP contribution in [0.3, 0.4) is 0 Å². The molecule has 3 heterocycles. The normalized spacial score (nSPS) is 18.0. The number of hydrogen-bond acceptors (Lipinski definition) is 5. The first-order valence-corrected chi connectivity index (χ1v) is 8.28. The van der Waals surface area contributed by atoms with E-state index in [1.54, 1.807) is 29.8 Å². The van der Waals surface area contributed by atoms with Crippen LogP contribution in [0.15, 0.2) is 36.0 Å². The van der Waals surface area contributed by atoms with Gasteiger partial charge in [-0.3, -0.25) is 0 Å². The maximum absolute atomic E-state index is 12.0.